The van der Waals surface area contributed by atoms with Gasteiger partial charge in [0, 0.05) is 29.2 Å². The highest BCUT2D eigenvalue weighted by molar-refractivity contribution is 5.94. The van der Waals surface area contributed by atoms with E-state index in [9.17, 15) is 0 Å². The number of para-hydroxylation sites is 1. The van der Waals surface area contributed by atoms with E-state index in [4.69, 9.17) is 11.5 Å². The highest BCUT2D eigenvalue weighted by atomic mass is 14.9. The summed E-state index contributed by atoms with van der Waals surface area (Å²) in [6, 6.07) is 8.07. The Morgan fingerprint density at radius 2 is 2.10 bits per heavy atom. The van der Waals surface area contributed by atoms with Crippen molar-refractivity contribution in [2.75, 3.05) is 12.3 Å². The second-order valence-electron chi connectivity index (χ2n) is 4.41. The smallest absolute Gasteiger partial charge is 0.149 e. The molecule has 2 heterocycles. The molecule has 0 aliphatic heterocycles. The lowest BCUT2D eigenvalue weighted by Gasteiger charge is -2.03. The third kappa shape index (κ3) is 2.15. The number of nitrogens with zero attached hydrogens (tertiary/aromatic N) is 2. The van der Waals surface area contributed by atoms with Gasteiger partial charge in [0.25, 0.3) is 0 Å². The van der Waals surface area contributed by atoms with Crippen LogP contribution < -0.4 is 11.5 Å². The van der Waals surface area contributed by atoms with E-state index in [-0.39, 0.29) is 0 Å². The maximum atomic E-state index is 5.82. The van der Waals surface area contributed by atoms with Gasteiger partial charge in [-0.1, -0.05) is 24.3 Å². The first kappa shape index (κ1) is 12.4. The van der Waals surface area contributed by atoms with E-state index in [1.807, 2.05) is 24.4 Å². The third-order valence-corrected chi connectivity index (χ3v) is 3.11. The molecular formula is C15H15N5. The van der Waals surface area contributed by atoms with Crippen molar-refractivity contribution in [3.05, 3.63) is 48.4 Å². The summed E-state index contributed by atoms with van der Waals surface area (Å²) in [5, 5.41) is 1.11. The van der Waals surface area contributed by atoms with Crippen molar-refractivity contribution >= 4 is 22.8 Å². The van der Waals surface area contributed by atoms with Crippen LogP contribution in [0.5, 0.6) is 0 Å². The number of fused-ring (bicyclic) bond motifs is 1. The Bertz CT molecular complexity index is 773. The van der Waals surface area contributed by atoms with E-state index in [1.165, 1.54) is 0 Å². The van der Waals surface area contributed by atoms with Gasteiger partial charge >= 0.3 is 0 Å². The van der Waals surface area contributed by atoms with Crippen LogP contribution in [0.15, 0.2) is 42.7 Å². The van der Waals surface area contributed by atoms with Crippen molar-refractivity contribution in [1.82, 2.24) is 15.0 Å². The summed E-state index contributed by atoms with van der Waals surface area (Å²) >= 11 is 0. The molecule has 0 spiro atoms. The lowest BCUT2D eigenvalue weighted by atomic mass is 10.1. The number of hydrogen-bond donors (Lipinski definition) is 3. The number of benzene rings is 1. The van der Waals surface area contributed by atoms with Gasteiger partial charge in [0.1, 0.15) is 11.5 Å². The first-order valence-electron chi connectivity index (χ1n) is 6.35. The molecule has 3 aromatic rings. The molecule has 0 atom stereocenters. The highest BCUT2D eigenvalue weighted by Gasteiger charge is 2.09. The Hall–Kier alpha value is -2.66. The summed E-state index contributed by atoms with van der Waals surface area (Å²) < 4.78 is 0. The van der Waals surface area contributed by atoms with E-state index in [2.05, 4.69) is 21.0 Å². The molecule has 1 aromatic carbocycles. The number of aromatic amines is 1. The average Bonchev–Trinajstić information content (AvgIpc) is 2.90. The number of hydrogen-bond acceptors (Lipinski definition) is 4. The SMILES string of the molecule is NC/C=C/c1nc(-c2c[nH]c3ccccc23)cnc1N. The van der Waals surface area contributed by atoms with Crippen molar-refractivity contribution in [2.45, 2.75) is 0 Å². The van der Waals surface area contributed by atoms with Gasteiger partial charge in [-0.2, -0.15) is 0 Å². The Morgan fingerprint density at radius 3 is 2.95 bits per heavy atom. The van der Waals surface area contributed by atoms with Gasteiger partial charge in [0.05, 0.1) is 11.9 Å². The zero-order valence-corrected chi connectivity index (χ0v) is 10.9. The fourth-order valence-electron chi connectivity index (χ4n) is 2.13. The van der Waals surface area contributed by atoms with Crippen molar-refractivity contribution in [3.63, 3.8) is 0 Å². The molecular weight excluding hydrogens is 250 g/mol. The van der Waals surface area contributed by atoms with Crippen molar-refractivity contribution in [3.8, 4) is 11.3 Å². The van der Waals surface area contributed by atoms with Gasteiger partial charge in [-0.3, -0.25) is 0 Å². The molecule has 100 valence electrons. The average molecular weight is 265 g/mol. The predicted molar refractivity (Wildman–Crippen MR) is 81.8 cm³/mol. The predicted octanol–water partition coefficient (Wildman–Crippen LogP) is 2.18. The molecule has 0 fully saturated rings. The summed E-state index contributed by atoms with van der Waals surface area (Å²) in [7, 11) is 0. The molecule has 20 heavy (non-hydrogen) atoms. The van der Waals surface area contributed by atoms with E-state index in [1.54, 1.807) is 18.3 Å². The van der Waals surface area contributed by atoms with Crippen molar-refractivity contribution in [1.29, 1.82) is 0 Å². The molecule has 0 amide bonds. The van der Waals surface area contributed by atoms with E-state index in [0.717, 1.165) is 22.2 Å². The monoisotopic (exact) mass is 265 g/mol. The summed E-state index contributed by atoms with van der Waals surface area (Å²) in [6.07, 6.45) is 7.21. The standard InChI is InChI=1S/C15H15N5/c16-7-3-6-13-15(17)19-9-14(20-13)11-8-18-12-5-2-1-4-10(11)12/h1-6,8-9,18H,7,16H2,(H2,17,19)/b6-3+. The first-order chi connectivity index (χ1) is 9.79. The normalized spacial score (nSPS) is 11.4. The number of nitrogen functional groups attached to an aromatic ring is 1. The fraction of sp³-hybridized carbons (Fsp3) is 0.0667. The van der Waals surface area contributed by atoms with Crippen LogP contribution in [0.1, 0.15) is 5.69 Å². The van der Waals surface area contributed by atoms with Crippen molar-refractivity contribution in [2.24, 2.45) is 5.73 Å². The number of nitrogens with two attached hydrogens (primary N) is 2. The first-order valence-corrected chi connectivity index (χ1v) is 6.35. The number of nitrogens with one attached hydrogen (secondary N) is 1. The molecule has 0 bridgehead atoms. The summed E-state index contributed by atoms with van der Waals surface area (Å²) in [6.45, 7) is 0.443. The van der Waals surface area contributed by atoms with Crippen LogP contribution in [0.4, 0.5) is 5.82 Å². The molecule has 0 saturated carbocycles. The van der Waals surface area contributed by atoms with Gasteiger partial charge in [0.15, 0.2) is 0 Å². The van der Waals surface area contributed by atoms with Gasteiger partial charge in [-0.05, 0) is 12.1 Å². The van der Waals surface area contributed by atoms with Crippen LogP contribution in [0.3, 0.4) is 0 Å². The fourth-order valence-corrected chi connectivity index (χ4v) is 2.13. The number of aromatic nitrogens is 3. The van der Waals surface area contributed by atoms with Gasteiger partial charge in [-0.15, -0.1) is 0 Å². The van der Waals surface area contributed by atoms with E-state index < -0.39 is 0 Å². The van der Waals surface area contributed by atoms with Crippen LogP contribution in [-0.4, -0.2) is 21.5 Å². The molecule has 0 unspecified atom stereocenters. The number of H-pyrrole nitrogens is 1. The number of rotatable bonds is 3. The van der Waals surface area contributed by atoms with E-state index in [0.29, 0.717) is 18.1 Å². The molecule has 0 aliphatic rings. The van der Waals surface area contributed by atoms with Crippen LogP contribution in [0, 0.1) is 0 Å². The molecule has 5 heteroatoms. The lowest BCUT2D eigenvalue weighted by Crippen LogP contribution is -1.99. The second kappa shape index (κ2) is 5.14. The van der Waals surface area contributed by atoms with Crippen molar-refractivity contribution < 1.29 is 0 Å². The zero-order valence-electron chi connectivity index (χ0n) is 10.9. The molecule has 0 radical (unpaired) electrons. The maximum Gasteiger partial charge on any atom is 0.149 e. The summed E-state index contributed by atoms with van der Waals surface area (Å²) in [5.74, 6) is 0.401. The van der Waals surface area contributed by atoms with Crippen LogP contribution in [-0.2, 0) is 0 Å². The molecule has 5 N–H and O–H groups in total. The minimum absolute atomic E-state index is 0.401. The van der Waals surface area contributed by atoms with Gasteiger partial charge in [-0.25, -0.2) is 9.97 Å². The van der Waals surface area contributed by atoms with Gasteiger partial charge in [0.2, 0.25) is 0 Å². The molecule has 2 aromatic heterocycles. The largest absolute Gasteiger partial charge is 0.382 e. The van der Waals surface area contributed by atoms with Crippen LogP contribution in [0.2, 0.25) is 0 Å². The highest BCUT2D eigenvalue weighted by Crippen LogP contribution is 2.27. The summed E-state index contributed by atoms with van der Waals surface area (Å²) in [4.78, 5) is 12.0. The summed E-state index contributed by atoms with van der Waals surface area (Å²) in [5.41, 5.74) is 14.8. The molecule has 0 saturated heterocycles. The topological polar surface area (TPSA) is 93.6 Å². The zero-order chi connectivity index (χ0) is 13.9. The second-order valence-corrected chi connectivity index (χ2v) is 4.41. The molecule has 5 nitrogen and oxygen atoms in total. The van der Waals surface area contributed by atoms with E-state index >= 15 is 0 Å². The molecule has 0 aliphatic carbocycles. The Balaban J connectivity index is 2.12. The van der Waals surface area contributed by atoms with Crippen LogP contribution in [0.25, 0.3) is 28.2 Å². The Morgan fingerprint density at radius 1 is 1.25 bits per heavy atom. The molecule has 3 rings (SSSR count). The third-order valence-electron chi connectivity index (χ3n) is 3.11. The minimum Gasteiger partial charge on any atom is -0.382 e. The maximum absolute atomic E-state index is 5.82. The van der Waals surface area contributed by atoms with Gasteiger partial charge < -0.3 is 16.5 Å². The minimum atomic E-state index is 0.401. The quantitative estimate of drug-likeness (QED) is 0.676. The Kier molecular flexibility index (Phi) is 3.18. The lowest BCUT2D eigenvalue weighted by molar-refractivity contribution is 1.19. The number of anilines is 1. The Labute approximate surface area is 116 Å². The van der Waals surface area contributed by atoms with Crippen LogP contribution >= 0.6 is 0 Å².